The van der Waals surface area contributed by atoms with E-state index in [9.17, 15) is 4.79 Å². The molecule has 0 aromatic carbocycles. The Balaban J connectivity index is 2.38. The number of aryl methyl sites for hydroxylation is 1. The molecule has 4 nitrogen and oxygen atoms in total. The molecule has 1 aromatic rings. The molecule has 4 heteroatoms. The molecule has 14 heavy (non-hydrogen) atoms. The smallest absolute Gasteiger partial charge is 0.323 e. The zero-order chi connectivity index (χ0) is 10.4. The van der Waals surface area contributed by atoms with Crippen molar-refractivity contribution in [3.05, 3.63) is 24.0 Å². The number of hydrogen-bond acceptors (Lipinski definition) is 2. The number of hydrogen-bond donors (Lipinski definition) is 2. The zero-order valence-electron chi connectivity index (χ0n) is 8.02. The van der Waals surface area contributed by atoms with Crippen molar-refractivity contribution in [1.82, 2.24) is 4.57 Å². The van der Waals surface area contributed by atoms with Crippen LogP contribution in [0, 0.1) is 0 Å². The molecule has 1 heterocycles. The first-order valence-electron chi connectivity index (χ1n) is 4.69. The summed E-state index contributed by atoms with van der Waals surface area (Å²) in [5.41, 5.74) is 1.12. The Bertz CT molecular complexity index is 293. The van der Waals surface area contributed by atoms with Gasteiger partial charge in [0.05, 0.1) is 0 Å². The van der Waals surface area contributed by atoms with Gasteiger partial charge in [-0.15, -0.1) is 0 Å². The van der Waals surface area contributed by atoms with E-state index >= 15 is 0 Å². The van der Waals surface area contributed by atoms with Crippen LogP contribution in [0.4, 0.5) is 0 Å². The van der Waals surface area contributed by atoms with Crippen LogP contribution < -0.4 is 0 Å². The van der Waals surface area contributed by atoms with Gasteiger partial charge in [0.15, 0.2) is 0 Å². The molecule has 0 bridgehead atoms. The number of carbonyl (C=O) groups is 1. The monoisotopic (exact) mass is 197 g/mol. The summed E-state index contributed by atoms with van der Waals surface area (Å²) in [5, 5.41) is 17.1. The predicted octanol–water partition coefficient (Wildman–Crippen LogP) is 0.888. The molecule has 0 saturated carbocycles. The second-order valence-corrected chi connectivity index (χ2v) is 3.27. The summed E-state index contributed by atoms with van der Waals surface area (Å²) in [7, 11) is 0. The average molecular weight is 197 g/mol. The summed E-state index contributed by atoms with van der Waals surface area (Å²) in [5.74, 6) is -0.831. The van der Waals surface area contributed by atoms with Crippen molar-refractivity contribution < 1.29 is 15.0 Å². The summed E-state index contributed by atoms with van der Waals surface area (Å²) in [6.45, 7) is 0.232. The lowest BCUT2D eigenvalue weighted by molar-refractivity contribution is -0.137. The molecule has 2 N–H and O–H groups in total. The molecule has 1 aromatic heterocycles. The highest BCUT2D eigenvalue weighted by molar-refractivity contribution is 5.66. The number of nitrogens with zero attached hydrogens (tertiary/aromatic N) is 1. The van der Waals surface area contributed by atoms with Gasteiger partial charge in [-0.3, -0.25) is 4.79 Å². The van der Waals surface area contributed by atoms with Crippen LogP contribution in [0.3, 0.4) is 0 Å². The Morgan fingerprint density at radius 3 is 2.86 bits per heavy atom. The maximum Gasteiger partial charge on any atom is 0.323 e. The lowest BCUT2D eigenvalue weighted by Crippen LogP contribution is -2.06. The van der Waals surface area contributed by atoms with Crippen molar-refractivity contribution in [3.8, 4) is 0 Å². The minimum atomic E-state index is -0.831. The van der Waals surface area contributed by atoms with Gasteiger partial charge in [0.1, 0.15) is 6.54 Å². The summed E-state index contributed by atoms with van der Waals surface area (Å²) in [6.07, 6.45) is 6.23. The zero-order valence-corrected chi connectivity index (χ0v) is 8.02. The van der Waals surface area contributed by atoms with Crippen LogP contribution in [0.25, 0.3) is 0 Å². The van der Waals surface area contributed by atoms with Gasteiger partial charge < -0.3 is 14.8 Å². The van der Waals surface area contributed by atoms with E-state index in [1.54, 1.807) is 10.8 Å². The van der Waals surface area contributed by atoms with E-state index in [0.29, 0.717) is 0 Å². The molecule has 0 unspecified atom stereocenters. The number of rotatable bonds is 6. The summed E-state index contributed by atoms with van der Waals surface area (Å²) < 4.78 is 1.65. The number of aromatic nitrogens is 1. The molecule has 0 spiro atoms. The number of aliphatic hydroxyl groups is 1. The van der Waals surface area contributed by atoms with Gasteiger partial charge in [-0.2, -0.15) is 0 Å². The maximum atomic E-state index is 10.4. The van der Waals surface area contributed by atoms with E-state index in [4.69, 9.17) is 10.2 Å². The maximum absolute atomic E-state index is 10.4. The highest BCUT2D eigenvalue weighted by Crippen LogP contribution is 2.05. The third kappa shape index (κ3) is 3.62. The van der Waals surface area contributed by atoms with Gasteiger partial charge in [0, 0.05) is 19.0 Å². The van der Waals surface area contributed by atoms with Crippen LogP contribution in [0.1, 0.15) is 18.4 Å². The van der Waals surface area contributed by atoms with Crippen LogP contribution in [-0.2, 0) is 17.8 Å². The lowest BCUT2D eigenvalue weighted by Gasteiger charge is -1.97. The lowest BCUT2D eigenvalue weighted by atomic mass is 10.1. The fraction of sp³-hybridized carbons (Fsp3) is 0.500. The molecule has 1 rings (SSSR count). The SMILES string of the molecule is O=C(O)Cn1ccc(CCCCO)c1. The molecular weight excluding hydrogens is 182 g/mol. The fourth-order valence-electron chi connectivity index (χ4n) is 1.33. The third-order valence-electron chi connectivity index (χ3n) is 2.00. The molecule has 0 aliphatic carbocycles. The second kappa shape index (κ2) is 5.44. The Hall–Kier alpha value is -1.29. The number of carboxylic acid groups (broad SMARTS) is 1. The van der Waals surface area contributed by atoms with E-state index < -0.39 is 5.97 Å². The highest BCUT2D eigenvalue weighted by atomic mass is 16.4. The van der Waals surface area contributed by atoms with Gasteiger partial charge in [-0.25, -0.2) is 0 Å². The molecule has 0 saturated heterocycles. The second-order valence-electron chi connectivity index (χ2n) is 3.27. The number of unbranched alkanes of at least 4 members (excludes halogenated alkanes) is 1. The minimum absolute atomic E-state index is 0.0139. The van der Waals surface area contributed by atoms with E-state index in [2.05, 4.69) is 0 Å². The van der Waals surface area contributed by atoms with Crippen LogP contribution in [0.2, 0.25) is 0 Å². The molecule has 0 aliphatic rings. The Kier molecular flexibility index (Phi) is 4.19. The third-order valence-corrected chi connectivity index (χ3v) is 2.00. The number of carboxylic acids is 1. The van der Waals surface area contributed by atoms with Gasteiger partial charge in [0.25, 0.3) is 0 Å². The van der Waals surface area contributed by atoms with Crippen LogP contribution in [0.15, 0.2) is 18.5 Å². The highest BCUT2D eigenvalue weighted by Gasteiger charge is 2.00. The van der Waals surface area contributed by atoms with E-state index in [1.165, 1.54) is 0 Å². The summed E-state index contributed by atoms with van der Waals surface area (Å²) >= 11 is 0. The Morgan fingerprint density at radius 1 is 1.43 bits per heavy atom. The van der Waals surface area contributed by atoms with Gasteiger partial charge in [-0.1, -0.05) is 0 Å². The fourth-order valence-corrected chi connectivity index (χ4v) is 1.33. The minimum Gasteiger partial charge on any atom is -0.480 e. The van der Waals surface area contributed by atoms with E-state index in [-0.39, 0.29) is 13.2 Å². The van der Waals surface area contributed by atoms with E-state index in [1.807, 2.05) is 12.3 Å². The van der Waals surface area contributed by atoms with E-state index in [0.717, 1.165) is 24.8 Å². The summed E-state index contributed by atoms with van der Waals surface area (Å²) in [4.78, 5) is 10.4. The molecular formula is C10H15NO3. The van der Waals surface area contributed by atoms with Crippen molar-refractivity contribution in [3.63, 3.8) is 0 Å². The van der Waals surface area contributed by atoms with Crippen molar-refractivity contribution in [2.75, 3.05) is 6.61 Å². The topological polar surface area (TPSA) is 62.5 Å². The largest absolute Gasteiger partial charge is 0.480 e. The molecule has 0 radical (unpaired) electrons. The Morgan fingerprint density at radius 2 is 2.21 bits per heavy atom. The average Bonchev–Trinajstić information content (AvgIpc) is 2.52. The first-order valence-corrected chi connectivity index (χ1v) is 4.69. The molecule has 0 atom stereocenters. The van der Waals surface area contributed by atoms with Crippen molar-refractivity contribution in [1.29, 1.82) is 0 Å². The van der Waals surface area contributed by atoms with Crippen molar-refractivity contribution in [2.24, 2.45) is 0 Å². The molecule has 0 amide bonds. The first kappa shape index (κ1) is 10.8. The first-order chi connectivity index (χ1) is 6.72. The molecule has 0 aliphatic heterocycles. The van der Waals surface area contributed by atoms with Crippen LogP contribution >= 0.6 is 0 Å². The van der Waals surface area contributed by atoms with Crippen LogP contribution in [0.5, 0.6) is 0 Å². The van der Waals surface area contributed by atoms with Crippen molar-refractivity contribution >= 4 is 5.97 Å². The van der Waals surface area contributed by atoms with Crippen LogP contribution in [-0.4, -0.2) is 27.4 Å². The molecule has 78 valence electrons. The predicted molar refractivity (Wildman–Crippen MR) is 52.1 cm³/mol. The standard InChI is InChI=1S/C10H15NO3/c12-6-2-1-3-9-4-5-11(7-9)8-10(13)14/h4-5,7,12H,1-3,6,8H2,(H,13,14). The van der Waals surface area contributed by atoms with Gasteiger partial charge >= 0.3 is 5.97 Å². The normalized spacial score (nSPS) is 10.4. The number of aliphatic carboxylic acids is 1. The summed E-state index contributed by atoms with van der Waals surface area (Å²) in [6, 6.07) is 1.92. The quantitative estimate of drug-likeness (QED) is 0.666. The van der Waals surface area contributed by atoms with Gasteiger partial charge in [-0.05, 0) is 30.9 Å². The molecule has 0 fully saturated rings. The number of aliphatic hydroxyl groups excluding tert-OH is 1. The van der Waals surface area contributed by atoms with Gasteiger partial charge in [0.2, 0.25) is 0 Å². The Labute approximate surface area is 82.8 Å². The van der Waals surface area contributed by atoms with Crippen molar-refractivity contribution in [2.45, 2.75) is 25.8 Å².